The number of benzene rings is 1. The van der Waals surface area contributed by atoms with E-state index >= 15 is 0 Å². The Morgan fingerprint density at radius 3 is 2.53 bits per heavy atom. The Bertz CT molecular complexity index is 607. The lowest BCUT2D eigenvalue weighted by molar-refractivity contribution is 0.671. The maximum absolute atomic E-state index is 6.44. The van der Waals surface area contributed by atoms with Crippen LogP contribution in [0.2, 0.25) is 15.1 Å². The number of hydrogen-bond acceptors (Lipinski definition) is 1. The van der Waals surface area contributed by atoms with Crippen LogP contribution in [0.5, 0.6) is 0 Å². The number of pyridine rings is 1. The van der Waals surface area contributed by atoms with Crippen LogP contribution in [0.25, 0.3) is 10.9 Å². The van der Waals surface area contributed by atoms with Crippen molar-refractivity contribution in [1.82, 2.24) is 4.98 Å². The van der Waals surface area contributed by atoms with Gasteiger partial charge < -0.3 is 0 Å². The SMILES string of the molecule is Clc1ccc2c(Cl)c3c(nc2c1Cl)CCCC3. The quantitative estimate of drug-likeness (QED) is 0.658. The molecule has 88 valence electrons. The molecule has 0 spiro atoms. The fraction of sp³-hybridized carbons (Fsp3) is 0.308. The molecule has 0 unspecified atom stereocenters. The van der Waals surface area contributed by atoms with Crippen molar-refractivity contribution in [1.29, 1.82) is 0 Å². The molecule has 0 saturated heterocycles. The highest BCUT2D eigenvalue weighted by Crippen LogP contribution is 2.37. The highest BCUT2D eigenvalue weighted by molar-refractivity contribution is 6.46. The van der Waals surface area contributed by atoms with E-state index in [9.17, 15) is 0 Å². The molecule has 0 N–H and O–H groups in total. The molecule has 0 amide bonds. The molecule has 0 fully saturated rings. The van der Waals surface area contributed by atoms with E-state index in [0.717, 1.165) is 34.5 Å². The Kier molecular flexibility index (Phi) is 2.94. The number of rotatable bonds is 0. The summed E-state index contributed by atoms with van der Waals surface area (Å²) in [5.41, 5.74) is 2.99. The molecule has 4 heteroatoms. The molecule has 0 bridgehead atoms. The molecule has 3 rings (SSSR count). The van der Waals surface area contributed by atoms with Gasteiger partial charge in [0.15, 0.2) is 0 Å². The second-order valence-electron chi connectivity index (χ2n) is 4.32. The van der Waals surface area contributed by atoms with Crippen molar-refractivity contribution in [3.05, 3.63) is 38.5 Å². The first-order valence-electron chi connectivity index (χ1n) is 5.63. The number of aromatic nitrogens is 1. The maximum Gasteiger partial charge on any atom is 0.0921 e. The van der Waals surface area contributed by atoms with Gasteiger partial charge in [0.2, 0.25) is 0 Å². The molecule has 1 aliphatic carbocycles. The molecule has 1 aliphatic rings. The molecule has 17 heavy (non-hydrogen) atoms. The summed E-state index contributed by atoms with van der Waals surface area (Å²) in [5.74, 6) is 0. The van der Waals surface area contributed by atoms with Gasteiger partial charge in [-0.2, -0.15) is 0 Å². The van der Waals surface area contributed by atoms with E-state index in [0.29, 0.717) is 10.0 Å². The van der Waals surface area contributed by atoms with Gasteiger partial charge in [-0.3, -0.25) is 4.98 Å². The summed E-state index contributed by atoms with van der Waals surface area (Å²) in [6.45, 7) is 0. The van der Waals surface area contributed by atoms with Gasteiger partial charge in [0, 0.05) is 11.1 Å². The third kappa shape index (κ3) is 1.81. The lowest BCUT2D eigenvalue weighted by Gasteiger charge is -2.18. The molecule has 0 atom stereocenters. The summed E-state index contributed by atoms with van der Waals surface area (Å²) in [7, 11) is 0. The summed E-state index contributed by atoms with van der Waals surface area (Å²) in [5, 5.41) is 2.72. The highest BCUT2D eigenvalue weighted by Gasteiger charge is 2.18. The average molecular weight is 287 g/mol. The van der Waals surface area contributed by atoms with Gasteiger partial charge in [-0.1, -0.05) is 34.8 Å². The molecule has 0 radical (unpaired) electrons. The first kappa shape index (κ1) is 11.6. The third-order valence-electron chi connectivity index (χ3n) is 3.26. The van der Waals surface area contributed by atoms with Crippen molar-refractivity contribution in [3.63, 3.8) is 0 Å². The molecular formula is C13H10Cl3N. The predicted molar refractivity (Wildman–Crippen MR) is 73.4 cm³/mol. The average Bonchev–Trinajstić information content (AvgIpc) is 2.35. The second-order valence-corrected chi connectivity index (χ2v) is 5.48. The van der Waals surface area contributed by atoms with Gasteiger partial charge in [0.05, 0.1) is 20.6 Å². The fourth-order valence-electron chi connectivity index (χ4n) is 2.37. The zero-order valence-electron chi connectivity index (χ0n) is 9.06. The summed E-state index contributed by atoms with van der Waals surface area (Å²) in [4.78, 5) is 4.64. The van der Waals surface area contributed by atoms with Crippen LogP contribution in [0.4, 0.5) is 0 Å². The van der Waals surface area contributed by atoms with Crippen LogP contribution in [0, 0.1) is 0 Å². The van der Waals surface area contributed by atoms with E-state index in [1.165, 1.54) is 18.4 Å². The minimum atomic E-state index is 0.499. The molecule has 1 aromatic heterocycles. The largest absolute Gasteiger partial charge is 0.251 e. The fourth-order valence-corrected chi connectivity index (χ4v) is 3.09. The van der Waals surface area contributed by atoms with E-state index in [4.69, 9.17) is 34.8 Å². The van der Waals surface area contributed by atoms with Gasteiger partial charge in [0.1, 0.15) is 0 Å². The van der Waals surface area contributed by atoms with E-state index < -0.39 is 0 Å². The Morgan fingerprint density at radius 2 is 1.71 bits per heavy atom. The zero-order chi connectivity index (χ0) is 12.0. The Balaban J connectivity index is 2.40. The smallest absolute Gasteiger partial charge is 0.0921 e. The van der Waals surface area contributed by atoms with E-state index in [2.05, 4.69) is 4.98 Å². The van der Waals surface area contributed by atoms with E-state index in [1.54, 1.807) is 6.07 Å². The minimum Gasteiger partial charge on any atom is -0.251 e. The molecule has 0 aliphatic heterocycles. The van der Waals surface area contributed by atoms with Crippen LogP contribution < -0.4 is 0 Å². The third-order valence-corrected chi connectivity index (χ3v) is 4.48. The van der Waals surface area contributed by atoms with Crippen molar-refractivity contribution < 1.29 is 0 Å². The molecular weight excluding hydrogens is 277 g/mol. The summed E-state index contributed by atoms with van der Waals surface area (Å²) in [6.07, 6.45) is 4.34. The highest BCUT2D eigenvalue weighted by atomic mass is 35.5. The van der Waals surface area contributed by atoms with Crippen LogP contribution in [-0.2, 0) is 12.8 Å². The first-order valence-corrected chi connectivity index (χ1v) is 6.77. The van der Waals surface area contributed by atoms with Gasteiger partial charge in [-0.25, -0.2) is 0 Å². The van der Waals surface area contributed by atoms with Crippen molar-refractivity contribution in [2.45, 2.75) is 25.7 Å². The Hall–Kier alpha value is -0.500. The van der Waals surface area contributed by atoms with Crippen molar-refractivity contribution in [2.24, 2.45) is 0 Å². The van der Waals surface area contributed by atoms with E-state index in [-0.39, 0.29) is 0 Å². The lowest BCUT2D eigenvalue weighted by Crippen LogP contribution is -2.06. The molecule has 0 saturated carbocycles. The molecule has 2 aromatic rings. The van der Waals surface area contributed by atoms with Gasteiger partial charge >= 0.3 is 0 Å². The van der Waals surface area contributed by atoms with Crippen LogP contribution >= 0.6 is 34.8 Å². The first-order chi connectivity index (χ1) is 8.18. The van der Waals surface area contributed by atoms with E-state index in [1.807, 2.05) is 6.07 Å². The molecule has 1 nitrogen and oxygen atoms in total. The second kappa shape index (κ2) is 4.31. The van der Waals surface area contributed by atoms with Crippen LogP contribution in [-0.4, -0.2) is 4.98 Å². The number of nitrogens with zero attached hydrogens (tertiary/aromatic N) is 1. The summed E-state index contributed by atoms with van der Waals surface area (Å²) in [6, 6.07) is 3.67. The Morgan fingerprint density at radius 1 is 0.941 bits per heavy atom. The van der Waals surface area contributed by atoms with Crippen LogP contribution in [0.15, 0.2) is 12.1 Å². The maximum atomic E-state index is 6.44. The normalized spacial score (nSPS) is 15.0. The van der Waals surface area contributed by atoms with Crippen LogP contribution in [0.1, 0.15) is 24.1 Å². The lowest BCUT2D eigenvalue weighted by atomic mass is 9.94. The Labute approximate surface area is 115 Å². The number of aryl methyl sites for hydroxylation is 1. The zero-order valence-corrected chi connectivity index (χ0v) is 11.3. The van der Waals surface area contributed by atoms with Crippen molar-refractivity contribution in [2.75, 3.05) is 0 Å². The van der Waals surface area contributed by atoms with Gasteiger partial charge in [0.25, 0.3) is 0 Å². The van der Waals surface area contributed by atoms with Crippen LogP contribution in [0.3, 0.4) is 0 Å². The molecule has 1 aromatic carbocycles. The van der Waals surface area contributed by atoms with Crippen molar-refractivity contribution >= 4 is 45.7 Å². The summed E-state index contributed by atoms with van der Waals surface area (Å²) < 4.78 is 0. The summed E-state index contributed by atoms with van der Waals surface area (Å²) >= 11 is 18.6. The molecule has 1 heterocycles. The topological polar surface area (TPSA) is 12.9 Å². The van der Waals surface area contributed by atoms with Gasteiger partial charge in [-0.05, 0) is 43.4 Å². The van der Waals surface area contributed by atoms with Gasteiger partial charge in [-0.15, -0.1) is 0 Å². The predicted octanol–water partition coefficient (Wildman–Crippen LogP) is 5.07. The number of fused-ring (bicyclic) bond motifs is 2. The standard InChI is InChI=1S/C13H10Cl3N/c14-9-6-5-8-11(15)7-3-1-2-4-10(7)17-13(8)12(9)16/h5-6H,1-4H2. The monoisotopic (exact) mass is 285 g/mol. The van der Waals surface area contributed by atoms with Crippen molar-refractivity contribution in [3.8, 4) is 0 Å². The number of hydrogen-bond donors (Lipinski definition) is 0. The number of halogens is 3. The minimum absolute atomic E-state index is 0.499.